The van der Waals surface area contributed by atoms with Crippen LogP contribution in [0.15, 0.2) is 79.0 Å². The van der Waals surface area contributed by atoms with Gasteiger partial charge in [0.05, 0.1) is 6.04 Å². The highest BCUT2D eigenvalue weighted by Crippen LogP contribution is 2.32. The average Bonchev–Trinajstić information content (AvgIpc) is 3.28. The Hall–Kier alpha value is -3.54. The summed E-state index contributed by atoms with van der Waals surface area (Å²) in [4.78, 5) is 29.1. The van der Waals surface area contributed by atoms with Gasteiger partial charge in [0.1, 0.15) is 0 Å². The molecule has 160 valence electrons. The quantitative estimate of drug-likeness (QED) is 0.667. The van der Waals surface area contributed by atoms with Crippen molar-refractivity contribution >= 4 is 11.9 Å². The van der Waals surface area contributed by atoms with Crippen molar-refractivity contribution in [2.24, 2.45) is 0 Å². The Balaban J connectivity index is 1.36. The molecule has 0 fully saturated rings. The summed E-state index contributed by atoms with van der Waals surface area (Å²) < 4.78 is 2.21. The van der Waals surface area contributed by atoms with Crippen molar-refractivity contribution in [2.45, 2.75) is 25.6 Å². The van der Waals surface area contributed by atoms with E-state index in [0.717, 1.165) is 23.4 Å². The van der Waals surface area contributed by atoms with E-state index in [1.54, 1.807) is 11.9 Å². The largest absolute Gasteiger partial charge is 0.348 e. The van der Waals surface area contributed by atoms with Crippen molar-refractivity contribution in [1.29, 1.82) is 0 Å². The Labute approximate surface area is 183 Å². The zero-order valence-electron chi connectivity index (χ0n) is 17.8. The fourth-order valence-electron chi connectivity index (χ4n) is 4.12. The highest BCUT2D eigenvalue weighted by Gasteiger charge is 2.31. The maximum absolute atomic E-state index is 13.1. The van der Waals surface area contributed by atoms with Crippen LogP contribution in [0, 0.1) is 0 Å². The highest BCUT2D eigenvalue weighted by atomic mass is 16.2. The van der Waals surface area contributed by atoms with Gasteiger partial charge < -0.3 is 19.7 Å². The van der Waals surface area contributed by atoms with Gasteiger partial charge in [0.15, 0.2) is 0 Å². The fourth-order valence-corrected chi connectivity index (χ4v) is 4.12. The van der Waals surface area contributed by atoms with Gasteiger partial charge in [0, 0.05) is 51.5 Å². The minimum atomic E-state index is -0.177. The van der Waals surface area contributed by atoms with Crippen LogP contribution < -0.4 is 5.32 Å². The molecule has 3 aromatic rings. The second kappa shape index (κ2) is 9.51. The molecule has 1 atom stereocenters. The summed E-state index contributed by atoms with van der Waals surface area (Å²) in [5.41, 5.74) is 3.29. The van der Waals surface area contributed by atoms with Crippen molar-refractivity contribution in [3.05, 3.63) is 95.8 Å². The van der Waals surface area contributed by atoms with Gasteiger partial charge in [-0.1, -0.05) is 60.7 Å². The third kappa shape index (κ3) is 4.79. The summed E-state index contributed by atoms with van der Waals surface area (Å²) >= 11 is 0. The molecule has 0 radical (unpaired) electrons. The van der Waals surface area contributed by atoms with E-state index in [-0.39, 0.29) is 24.4 Å². The number of urea groups is 1. The number of aromatic nitrogens is 1. The van der Waals surface area contributed by atoms with Crippen LogP contribution in [-0.4, -0.2) is 46.4 Å². The van der Waals surface area contributed by atoms with Gasteiger partial charge in [0.25, 0.3) is 0 Å². The van der Waals surface area contributed by atoms with Crippen LogP contribution in [-0.2, 0) is 17.9 Å². The van der Waals surface area contributed by atoms with Crippen LogP contribution in [0.1, 0.15) is 29.3 Å². The summed E-state index contributed by atoms with van der Waals surface area (Å²) in [7, 11) is 1.76. The van der Waals surface area contributed by atoms with Crippen molar-refractivity contribution in [2.75, 3.05) is 20.1 Å². The first kappa shape index (κ1) is 20.7. The van der Waals surface area contributed by atoms with Gasteiger partial charge in [-0.3, -0.25) is 4.79 Å². The average molecular weight is 417 g/mol. The first-order valence-corrected chi connectivity index (χ1v) is 10.7. The van der Waals surface area contributed by atoms with Crippen LogP contribution in [0.4, 0.5) is 4.79 Å². The number of nitrogens with zero attached hydrogens (tertiary/aromatic N) is 3. The number of amides is 3. The molecule has 6 heteroatoms. The molecular formula is C25H28N4O2. The molecule has 1 aliphatic rings. The van der Waals surface area contributed by atoms with E-state index in [0.29, 0.717) is 19.6 Å². The number of nitrogens with one attached hydrogen (secondary N) is 1. The SMILES string of the molecule is CN(Cc1ccccc1)C(=O)NCCC(=O)N1CCn2cccc2C1c1ccccc1. The van der Waals surface area contributed by atoms with Gasteiger partial charge in [-0.2, -0.15) is 0 Å². The van der Waals surface area contributed by atoms with E-state index in [9.17, 15) is 9.59 Å². The molecule has 4 rings (SSSR count). The van der Waals surface area contributed by atoms with Gasteiger partial charge in [-0.05, 0) is 23.3 Å². The molecule has 1 aromatic heterocycles. The smallest absolute Gasteiger partial charge is 0.317 e. The van der Waals surface area contributed by atoms with Crippen LogP contribution in [0.3, 0.4) is 0 Å². The van der Waals surface area contributed by atoms with Gasteiger partial charge in [-0.25, -0.2) is 4.79 Å². The normalized spacial score (nSPS) is 15.3. The molecule has 0 saturated carbocycles. The molecule has 3 amide bonds. The number of rotatable bonds is 6. The van der Waals surface area contributed by atoms with Crippen LogP contribution in [0.5, 0.6) is 0 Å². The molecule has 6 nitrogen and oxygen atoms in total. The van der Waals surface area contributed by atoms with Gasteiger partial charge >= 0.3 is 6.03 Å². The van der Waals surface area contributed by atoms with Gasteiger partial charge in [-0.15, -0.1) is 0 Å². The van der Waals surface area contributed by atoms with E-state index >= 15 is 0 Å². The summed E-state index contributed by atoms with van der Waals surface area (Å²) in [6.07, 6.45) is 2.34. The molecule has 1 unspecified atom stereocenters. The third-order valence-electron chi connectivity index (χ3n) is 5.70. The minimum Gasteiger partial charge on any atom is -0.348 e. The second-order valence-corrected chi connectivity index (χ2v) is 7.85. The standard InChI is InChI=1S/C25H28N4O2/c1-27(19-20-9-4-2-5-10-20)25(31)26-15-14-23(30)29-18-17-28-16-8-13-22(28)24(29)21-11-6-3-7-12-21/h2-13,16,24H,14-15,17-19H2,1H3,(H,26,31). The lowest BCUT2D eigenvalue weighted by molar-refractivity contribution is -0.133. The summed E-state index contributed by atoms with van der Waals surface area (Å²) in [5, 5.41) is 2.88. The molecule has 1 N–H and O–H groups in total. The monoisotopic (exact) mass is 416 g/mol. The highest BCUT2D eigenvalue weighted by molar-refractivity contribution is 5.79. The number of hydrogen-bond donors (Lipinski definition) is 1. The predicted octanol–water partition coefficient (Wildman–Crippen LogP) is 3.65. The Morgan fingerprint density at radius 1 is 0.968 bits per heavy atom. The van der Waals surface area contributed by atoms with Crippen LogP contribution >= 0.6 is 0 Å². The Kier molecular flexibility index (Phi) is 6.36. The topological polar surface area (TPSA) is 57.6 Å². The molecule has 1 aliphatic heterocycles. The molecule has 0 aliphatic carbocycles. The van der Waals surface area contributed by atoms with E-state index in [2.05, 4.69) is 34.3 Å². The maximum atomic E-state index is 13.1. The summed E-state index contributed by atoms with van der Waals surface area (Å²) in [6.45, 7) is 2.28. The van der Waals surface area contributed by atoms with Crippen molar-refractivity contribution in [3.8, 4) is 0 Å². The van der Waals surface area contributed by atoms with E-state index in [1.807, 2.05) is 59.5 Å². The number of fused-ring (bicyclic) bond motifs is 1. The zero-order chi connectivity index (χ0) is 21.6. The lowest BCUT2D eigenvalue weighted by Gasteiger charge is -2.37. The predicted molar refractivity (Wildman–Crippen MR) is 120 cm³/mol. The number of carbonyl (C=O) groups is 2. The first-order chi connectivity index (χ1) is 15.1. The fraction of sp³-hybridized carbons (Fsp3) is 0.280. The Morgan fingerprint density at radius 2 is 1.68 bits per heavy atom. The van der Waals surface area contributed by atoms with Gasteiger partial charge in [0.2, 0.25) is 5.91 Å². The lowest BCUT2D eigenvalue weighted by atomic mass is 9.99. The Morgan fingerprint density at radius 3 is 2.42 bits per heavy atom. The minimum absolute atomic E-state index is 0.0484. The number of hydrogen-bond acceptors (Lipinski definition) is 2. The molecule has 2 aromatic carbocycles. The Bertz CT molecular complexity index is 1020. The van der Waals surface area contributed by atoms with E-state index < -0.39 is 0 Å². The molecule has 31 heavy (non-hydrogen) atoms. The number of carbonyl (C=O) groups excluding carboxylic acids is 2. The number of benzene rings is 2. The molecule has 2 heterocycles. The lowest BCUT2D eigenvalue weighted by Crippen LogP contribution is -2.44. The van der Waals surface area contributed by atoms with Crippen molar-refractivity contribution in [3.63, 3.8) is 0 Å². The summed E-state index contributed by atoms with van der Waals surface area (Å²) in [5.74, 6) is 0.0484. The molecular weight excluding hydrogens is 388 g/mol. The molecule has 0 spiro atoms. The van der Waals surface area contributed by atoms with Crippen molar-refractivity contribution < 1.29 is 9.59 Å². The molecule has 0 bridgehead atoms. The van der Waals surface area contributed by atoms with Crippen LogP contribution in [0.25, 0.3) is 0 Å². The third-order valence-corrected chi connectivity index (χ3v) is 5.70. The summed E-state index contributed by atoms with van der Waals surface area (Å²) in [6, 6.07) is 23.8. The first-order valence-electron chi connectivity index (χ1n) is 10.7. The van der Waals surface area contributed by atoms with Crippen LogP contribution in [0.2, 0.25) is 0 Å². The zero-order valence-corrected chi connectivity index (χ0v) is 17.8. The van der Waals surface area contributed by atoms with E-state index in [1.165, 1.54) is 0 Å². The van der Waals surface area contributed by atoms with E-state index in [4.69, 9.17) is 0 Å². The second-order valence-electron chi connectivity index (χ2n) is 7.85. The molecule has 0 saturated heterocycles. The maximum Gasteiger partial charge on any atom is 0.317 e. The van der Waals surface area contributed by atoms with Crippen molar-refractivity contribution in [1.82, 2.24) is 19.7 Å².